The van der Waals surface area contributed by atoms with Crippen LogP contribution in [0, 0.1) is 34.5 Å². The Morgan fingerprint density at radius 1 is 0.933 bits per heavy atom. The first-order valence-corrected chi connectivity index (χ1v) is 12.1. The van der Waals surface area contributed by atoms with Crippen LogP contribution >= 0.6 is 0 Å². The van der Waals surface area contributed by atoms with Gasteiger partial charge in [0.1, 0.15) is 5.75 Å². The van der Waals surface area contributed by atoms with Crippen LogP contribution in [0.15, 0.2) is 29.8 Å². The van der Waals surface area contributed by atoms with Gasteiger partial charge in [-0.3, -0.25) is 0 Å². The number of fused-ring (bicyclic) bond motifs is 5. The van der Waals surface area contributed by atoms with Crippen molar-refractivity contribution in [3.8, 4) is 5.75 Å². The minimum Gasteiger partial charge on any atom is -0.497 e. The van der Waals surface area contributed by atoms with Crippen molar-refractivity contribution in [2.45, 2.75) is 77.4 Å². The highest BCUT2D eigenvalue weighted by atomic mass is 16.5. The third-order valence-corrected chi connectivity index (χ3v) is 9.98. The lowest BCUT2D eigenvalue weighted by atomic mass is 9.45. The highest BCUT2D eigenvalue weighted by Crippen LogP contribution is 2.67. The average Bonchev–Trinajstić information content (AvgIpc) is 3.00. The predicted molar refractivity (Wildman–Crippen MR) is 120 cm³/mol. The van der Waals surface area contributed by atoms with Gasteiger partial charge >= 0.3 is 0 Å². The summed E-state index contributed by atoms with van der Waals surface area (Å²) in [5.41, 5.74) is 2.77. The van der Waals surface area contributed by atoms with E-state index >= 15 is 0 Å². The number of hydrogen-bond donors (Lipinski definition) is 2. The molecule has 3 nitrogen and oxygen atoms in total. The van der Waals surface area contributed by atoms with Gasteiger partial charge in [-0.05, 0) is 104 Å². The third-order valence-electron chi connectivity index (χ3n) is 9.98. The number of aliphatic hydroxyl groups excluding tert-OH is 2. The molecule has 8 atom stereocenters. The van der Waals surface area contributed by atoms with Crippen LogP contribution in [-0.4, -0.2) is 29.5 Å². The molecule has 30 heavy (non-hydrogen) atoms. The maximum atomic E-state index is 11.4. The van der Waals surface area contributed by atoms with Crippen molar-refractivity contribution in [1.29, 1.82) is 0 Å². The Hall–Kier alpha value is -1.32. The fourth-order valence-electron chi connectivity index (χ4n) is 8.15. The fraction of sp³-hybridized carbons (Fsp3) is 0.704. The molecule has 0 unspecified atom stereocenters. The molecule has 2 N–H and O–H groups in total. The summed E-state index contributed by atoms with van der Waals surface area (Å²) in [7, 11) is 1.69. The van der Waals surface area contributed by atoms with Crippen molar-refractivity contribution >= 4 is 6.08 Å². The van der Waals surface area contributed by atoms with E-state index in [9.17, 15) is 10.2 Å². The highest BCUT2D eigenvalue weighted by Gasteiger charge is 2.61. The molecule has 0 bridgehead atoms. The van der Waals surface area contributed by atoms with E-state index in [0.29, 0.717) is 17.3 Å². The van der Waals surface area contributed by atoms with Gasteiger partial charge in [0.2, 0.25) is 0 Å². The van der Waals surface area contributed by atoms with Crippen LogP contribution in [0.4, 0.5) is 0 Å². The topological polar surface area (TPSA) is 49.7 Å². The minimum atomic E-state index is -0.329. The maximum Gasteiger partial charge on any atom is 0.118 e. The standard InChI is InChI=1S/C27H38O3/c1-26-12-10-20(28)16-19(26)6-9-22-23(26)11-13-27(2)24(22)15-18(25(27)29)14-17-4-7-21(30-3)8-5-17/h4-5,7-8,14,19-20,22-25,28-29H,6,9-13,15-16H2,1-3H3/b18-14+/t19-,20-,22-,23+,24+,25+,26+,27+/m1/s1. The third kappa shape index (κ3) is 3.07. The molecule has 0 amide bonds. The van der Waals surface area contributed by atoms with E-state index in [4.69, 9.17) is 4.74 Å². The van der Waals surface area contributed by atoms with Crippen molar-refractivity contribution < 1.29 is 14.9 Å². The average molecular weight is 411 g/mol. The van der Waals surface area contributed by atoms with Crippen LogP contribution in [0.3, 0.4) is 0 Å². The Labute approximate surface area is 181 Å². The zero-order valence-corrected chi connectivity index (χ0v) is 18.8. The molecular weight excluding hydrogens is 372 g/mol. The smallest absolute Gasteiger partial charge is 0.118 e. The lowest BCUT2D eigenvalue weighted by Crippen LogP contribution is -2.54. The molecule has 0 saturated heterocycles. The van der Waals surface area contributed by atoms with E-state index in [2.05, 4.69) is 32.1 Å². The second-order valence-electron chi connectivity index (χ2n) is 11.2. The van der Waals surface area contributed by atoms with Gasteiger partial charge in [0.25, 0.3) is 0 Å². The number of aliphatic hydroxyl groups is 2. The molecule has 4 aliphatic carbocycles. The van der Waals surface area contributed by atoms with E-state index in [1.165, 1.54) is 31.3 Å². The molecule has 164 valence electrons. The number of rotatable bonds is 2. The quantitative estimate of drug-likeness (QED) is 0.681. The van der Waals surface area contributed by atoms with E-state index in [1.807, 2.05) is 12.1 Å². The molecule has 3 heteroatoms. The van der Waals surface area contributed by atoms with Crippen molar-refractivity contribution in [1.82, 2.24) is 0 Å². The maximum absolute atomic E-state index is 11.4. The molecule has 0 heterocycles. The molecule has 5 rings (SSSR count). The molecule has 4 aliphatic rings. The van der Waals surface area contributed by atoms with Crippen LogP contribution in [0.1, 0.15) is 70.8 Å². The molecule has 0 spiro atoms. The van der Waals surface area contributed by atoms with E-state index in [0.717, 1.165) is 48.8 Å². The lowest BCUT2D eigenvalue weighted by molar-refractivity contribution is -0.133. The van der Waals surface area contributed by atoms with Crippen LogP contribution in [0.25, 0.3) is 6.08 Å². The number of methoxy groups -OCH3 is 1. The molecule has 0 aliphatic heterocycles. The molecule has 1 aromatic rings. The molecule has 0 radical (unpaired) electrons. The Morgan fingerprint density at radius 3 is 2.40 bits per heavy atom. The largest absolute Gasteiger partial charge is 0.497 e. The summed E-state index contributed by atoms with van der Waals surface area (Å²) in [4.78, 5) is 0. The van der Waals surface area contributed by atoms with Crippen LogP contribution in [0.2, 0.25) is 0 Å². The summed E-state index contributed by atoms with van der Waals surface area (Å²) in [5.74, 6) is 3.62. The molecule has 1 aromatic carbocycles. The van der Waals surface area contributed by atoms with E-state index < -0.39 is 0 Å². The summed E-state index contributed by atoms with van der Waals surface area (Å²) in [6.45, 7) is 4.88. The molecule has 4 fully saturated rings. The summed E-state index contributed by atoms with van der Waals surface area (Å²) in [6, 6.07) is 8.17. The first-order chi connectivity index (χ1) is 14.3. The van der Waals surface area contributed by atoms with E-state index in [-0.39, 0.29) is 17.6 Å². The first-order valence-electron chi connectivity index (χ1n) is 12.1. The summed E-state index contributed by atoms with van der Waals surface area (Å²) >= 11 is 0. The zero-order valence-electron chi connectivity index (χ0n) is 18.8. The van der Waals surface area contributed by atoms with Gasteiger partial charge in [-0.1, -0.05) is 32.1 Å². The van der Waals surface area contributed by atoms with Gasteiger partial charge < -0.3 is 14.9 Å². The predicted octanol–water partition coefficient (Wildman–Crippen LogP) is 5.45. The van der Waals surface area contributed by atoms with E-state index in [1.54, 1.807) is 7.11 Å². The molecular formula is C27H38O3. The number of ether oxygens (including phenoxy) is 1. The van der Waals surface area contributed by atoms with Gasteiger partial charge in [-0.15, -0.1) is 0 Å². The summed E-state index contributed by atoms with van der Waals surface area (Å²) in [5, 5.41) is 21.6. The highest BCUT2D eigenvalue weighted by molar-refractivity contribution is 5.56. The number of hydrogen-bond acceptors (Lipinski definition) is 3. The Kier molecular flexibility index (Phi) is 5.06. The lowest BCUT2D eigenvalue weighted by Gasteiger charge is -2.60. The van der Waals surface area contributed by atoms with Crippen molar-refractivity contribution in [3.05, 3.63) is 35.4 Å². The van der Waals surface area contributed by atoms with Crippen LogP contribution < -0.4 is 4.74 Å². The molecule has 4 saturated carbocycles. The summed E-state index contributed by atoms with van der Waals surface area (Å²) in [6.07, 6.45) is 10.9. The second-order valence-corrected chi connectivity index (χ2v) is 11.2. The Bertz CT molecular complexity index is 814. The van der Waals surface area contributed by atoms with Crippen molar-refractivity contribution in [2.24, 2.45) is 34.5 Å². The zero-order chi connectivity index (χ0) is 21.1. The normalized spacial score (nSPS) is 46.8. The van der Waals surface area contributed by atoms with Gasteiger partial charge in [0, 0.05) is 5.41 Å². The van der Waals surface area contributed by atoms with Crippen LogP contribution in [-0.2, 0) is 0 Å². The van der Waals surface area contributed by atoms with Gasteiger partial charge in [-0.2, -0.15) is 0 Å². The second kappa shape index (κ2) is 7.38. The Balaban J connectivity index is 1.41. The molecule has 0 aromatic heterocycles. The summed E-state index contributed by atoms with van der Waals surface area (Å²) < 4.78 is 5.29. The number of benzene rings is 1. The van der Waals surface area contributed by atoms with Crippen molar-refractivity contribution in [2.75, 3.05) is 7.11 Å². The first kappa shape index (κ1) is 20.6. The Morgan fingerprint density at radius 2 is 1.67 bits per heavy atom. The van der Waals surface area contributed by atoms with Gasteiger partial charge in [-0.25, -0.2) is 0 Å². The van der Waals surface area contributed by atoms with Gasteiger partial charge in [0.05, 0.1) is 19.3 Å². The monoisotopic (exact) mass is 410 g/mol. The fourth-order valence-corrected chi connectivity index (χ4v) is 8.15. The van der Waals surface area contributed by atoms with Gasteiger partial charge in [0.15, 0.2) is 0 Å². The SMILES string of the molecule is COc1ccc(/C=C2\C[C@H]3[C@@H]4CC[C@@H]5C[C@H](O)CC[C@]5(C)[C@H]4CC[C@]3(C)[C@H]2O)cc1. The van der Waals surface area contributed by atoms with Crippen LogP contribution in [0.5, 0.6) is 5.75 Å². The minimum absolute atomic E-state index is 0.0108. The van der Waals surface area contributed by atoms with Crippen molar-refractivity contribution in [3.63, 3.8) is 0 Å².